The number of benzene rings is 1. The number of hydrogen-bond acceptors (Lipinski definition) is 4. The first kappa shape index (κ1) is 16.1. The van der Waals surface area contributed by atoms with Gasteiger partial charge in [0.15, 0.2) is 0 Å². The van der Waals surface area contributed by atoms with Crippen molar-refractivity contribution in [2.45, 2.75) is 51.4 Å². The molecule has 0 bridgehead atoms. The minimum atomic E-state index is -3.49. The van der Waals surface area contributed by atoms with Crippen molar-refractivity contribution in [3.8, 4) is 5.75 Å². The molecule has 130 valence electrons. The molecule has 3 aliphatic rings. The Kier molecular flexibility index (Phi) is 3.57. The first-order valence-electron chi connectivity index (χ1n) is 8.83. The lowest BCUT2D eigenvalue weighted by Crippen LogP contribution is -2.42. The summed E-state index contributed by atoms with van der Waals surface area (Å²) in [6, 6.07) is 5.71. The molecule has 0 radical (unpaired) electrons. The topological polar surface area (TPSA) is 60.4 Å². The maximum Gasteiger partial charge on any atom is 0.306 e. The normalized spacial score (nSPS) is 35.1. The number of hydrogen-bond donors (Lipinski definition) is 0. The summed E-state index contributed by atoms with van der Waals surface area (Å²) in [5.74, 6) is 2.48. The summed E-state index contributed by atoms with van der Waals surface area (Å²) in [6.07, 6.45) is 6.94. The largest absolute Gasteiger partial charge is 0.383 e. The second-order valence-electron chi connectivity index (χ2n) is 7.98. The number of fused-ring (bicyclic) bond motifs is 5. The van der Waals surface area contributed by atoms with Crippen LogP contribution in [0.5, 0.6) is 5.75 Å². The maximum atomic E-state index is 12.4. The van der Waals surface area contributed by atoms with E-state index in [2.05, 4.69) is 6.92 Å². The predicted octanol–water partition coefficient (Wildman–Crippen LogP) is 3.45. The van der Waals surface area contributed by atoms with E-state index in [-0.39, 0.29) is 5.41 Å². The first-order chi connectivity index (χ1) is 11.3. The molecular formula is C19H24O4S. The minimum Gasteiger partial charge on any atom is -0.383 e. The van der Waals surface area contributed by atoms with Crippen molar-refractivity contribution < 1.29 is 17.4 Å². The molecule has 0 saturated heterocycles. The highest BCUT2D eigenvalue weighted by Gasteiger charge is 2.54. The van der Waals surface area contributed by atoms with Crippen LogP contribution in [0.2, 0.25) is 0 Å². The van der Waals surface area contributed by atoms with Gasteiger partial charge in [-0.2, -0.15) is 8.42 Å². The molecule has 2 fully saturated rings. The highest BCUT2D eigenvalue weighted by atomic mass is 32.2. The van der Waals surface area contributed by atoms with E-state index >= 15 is 0 Å². The molecule has 4 rings (SSSR count). The van der Waals surface area contributed by atoms with E-state index < -0.39 is 10.1 Å². The number of ketones is 1. The van der Waals surface area contributed by atoms with E-state index in [1.165, 1.54) is 11.1 Å². The molecule has 0 heterocycles. The van der Waals surface area contributed by atoms with Crippen LogP contribution in [-0.4, -0.2) is 20.5 Å². The van der Waals surface area contributed by atoms with Crippen molar-refractivity contribution in [3.63, 3.8) is 0 Å². The van der Waals surface area contributed by atoms with Crippen LogP contribution in [-0.2, 0) is 21.3 Å². The molecule has 0 aliphatic heterocycles. The molecule has 4 nitrogen and oxygen atoms in total. The number of aryl methyl sites for hydroxylation is 1. The molecule has 0 amide bonds. The lowest BCUT2D eigenvalue weighted by Gasteiger charge is -2.48. The molecule has 5 heteroatoms. The fraction of sp³-hybridized carbons (Fsp3) is 0.632. The molecule has 4 atom stereocenters. The van der Waals surface area contributed by atoms with Crippen LogP contribution in [0, 0.1) is 17.3 Å². The standard InChI is InChI=1S/C19H24O4S/c1-19-10-9-15-14-6-4-13(23-24(2,21)22)11-12(14)3-5-16(15)17(19)7-8-18(19)20/h4,6,11,15-17H,3,5,7-10H2,1-2H3/t15-,16+,17+,19-/m1/s1. The van der Waals surface area contributed by atoms with Gasteiger partial charge in [0, 0.05) is 11.8 Å². The number of carbonyl (C=O) groups is 1. The van der Waals surface area contributed by atoms with Crippen molar-refractivity contribution in [1.29, 1.82) is 0 Å². The quantitative estimate of drug-likeness (QED) is 0.768. The molecular weight excluding hydrogens is 324 g/mol. The third-order valence-electron chi connectivity index (χ3n) is 6.65. The zero-order valence-corrected chi connectivity index (χ0v) is 15.1. The zero-order valence-electron chi connectivity index (χ0n) is 14.2. The number of rotatable bonds is 2. The van der Waals surface area contributed by atoms with Gasteiger partial charge in [-0.05, 0) is 73.1 Å². The average Bonchev–Trinajstić information content (AvgIpc) is 2.81. The lowest BCUT2D eigenvalue weighted by atomic mass is 9.55. The fourth-order valence-corrected chi connectivity index (χ4v) is 6.01. The molecule has 0 N–H and O–H groups in total. The molecule has 1 aromatic carbocycles. The van der Waals surface area contributed by atoms with E-state index in [1.807, 2.05) is 12.1 Å². The third kappa shape index (κ3) is 2.48. The monoisotopic (exact) mass is 348 g/mol. The van der Waals surface area contributed by atoms with Crippen LogP contribution >= 0.6 is 0 Å². The summed E-state index contributed by atoms with van der Waals surface area (Å²) in [6.45, 7) is 2.18. The maximum absolute atomic E-state index is 12.4. The highest BCUT2D eigenvalue weighted by molar-refractivity contribution is 7.86. The van der Waals surface area contributed by atoms with Crippen molar-refractivity contribution >= 4 is 15.9 Å². The van der Waals surface area contributed by atoms with Gasteiger partial charge in [-0.15, -0.1) is 0 Å². The van der Waals surface area contributed by atoms with Crippen LogP contribution in [0.15, 0.2) is 18.2 Å². The number of carbonyl (C=O) groups excluding carboxylic acids is 1. The lowest BCUT2D eigenvalue weighted by molar-refractivity contribution is -0.129. The molecule has 1 aromatic rings. The molecule has 0 aromatic heterocycles. The van der Waals surface area contributed by atoms with Gasteiger partial charge in [0.05, 0.1) is 6.26 Å². The van der Waals surface area contributed by atoms with Gasteiger partial charge in [-0.1, -0.05) is 13.0 Å². The van der Waals surface area contributed by atoms with Gasteiger partial charge < -0.3 is 4.18 Å². The summed E-state index contributed by atoms with van der Waals surface area (Å²) >= 11 is 0. The Balaban J connectivity index is 1.65. The second kappa shape index (κ2) is 5.32. The Labute approximate surface area is 143 Å². The van der Waals surface area contributed by atoms with Gasteiger partial charge in [0.2, 0.25) is 0 Å². The molecule has 2 saturated carbocycles. The van der Waals surface area contributed by atoms with E-state index in [4.69, 9.17) is 4.18 Å². The van der Waals surface area contributed by atoms with Gasteiger partial charge in [-0.25, -0.2) is 0 Å². The predicted molar refractivity (Wildman–Crippen MR) is 91.5 cm³/mol. The van der Waals surface area contributed by atoms with Crippen LogP contribution in [0.25, 0.3) is 0 Å². The second-order valence-corrected chi connectivity index (χ2v) is 9.56. The highest BCUT2D eigenvalue weighted by Crippen LogP contribution is 2.59. The summed E-state index contributed by atoms with van der Waals surface area (Å²) in [7, 11) is -3.49. The Bertz CT molecular complexity index is 798. The summed E-state index contributed by atoms with van der Waals surface area (Å²) in [4.78, 5) is 12.4. The fourth-order valence-electron chi connectivity index (χ4n) is 5.56. The molecule has 0 spiro atoms. The van der Waals surface area contributed by atoms with Crippen molar-refractivity contribution in [2.24, 2.45) is 17.3 Å². The van der Waals surface area contributed by atoms with Crippen LogP contribution in [0.3, 0.4) is 0 Å². The molecule has 3 aliphatic carbocycles. The van der Waals surface area contributed by atoms with Crippen LogP contribution < -0.4 is 4.18 Å². The van der Waals surface area contributed by atoms with E-state index in [9.17, 15) is 13.2 Å². The van der Waals surface area contributed by atoms with Crippen LogP contribution in [0.4, 0.5) is 0 Å². The Morgan fingerprint density at radius 3 is 2.71 bits per heavy atom. The van der Waals surface area contributed by atoms with Gasteiger partial charge in [0.1, 0.15) is 11.5 Å². The third-order valence-corrected chi connectivity index (χ3v) is 7.15. The zero-order chi connectivity index (χ0) is 17.1. The van der Waals surface area contributed by atoms with Gasteiger partial charge >= 0.3 is 10.1 Å². The van der Waals surface area contributed by atoms with Gasteiger partial charge in [0.25, 0.3) is 0 Å². The van der Waals surface area contributed by atoms with Crippen LogP contribution in [0.1, 0.15) is 56.1 Å². The Hall–Kier alpha value is -1.36. The number of Topliss-reactive ketones (excluding diaryl/α,β-unsaturated/α-hetero) is 1. The van der Waals surface area contributed by atoms with E-state index in [0.29, 0.717) is 29.3 Å². The smallest absolute Gasteiger partial charge is 0.306 e. The Morgan fingerprint density at radius 2 is 1.96 bits per heavy atom. The molecule has 0 unspecified atom stereocenters. The van der Waals surface area contributed by atoms with Gasteiger partial charge in [-0.3, -0.25) is 4.79 Å². The summed E-state index contributed by atoms with van der Waals surface area (Å²) in [5, 5.41) is 0. The minimum absolute atomic E-state index is 0.0992. The molecule has 24 heavy (non-hydrogen) atoms. The Morgan fingerprint density at radius 1 is 1.17 bits per heavy atom. The van der Waals surface area contributed by atoms with Crippen molar-refractivity contribution in [3.05, 3.63) is 29.3 Å². The first-order valence-corrected chi connectivity index (χ1v) is 10.7. The summed E-state index contributed by atoms with van der Waals surface area (Å²) < 4.78 is 27.7. The average molecular weight is 348 g/mol. The van der Waals surface area contributed by atoms with E-state index in [1.54, 1.807) is 6.07 Å². The van der Waals surface area contributed by atoms with Crippen molar-refractivity contribution in [2.75, 3.05) is 6.26 Å². The van der Waals surface area contributed by atoms with E-state index in [0.717, 1.165) is 44.8 Å². The summed E-state index contributed by atoms with van der Waals surface area (Å²) in [5.41, 5.74) is 2.46. The van der Waals surface area contributed by atoms with Crippen molar-refractivity contribution in [1.82, 2.24) is 0 Å². The SMILES string of the molecule is C[C@@]12CC[C@@H]3c4ccc(OS(C)(=O)=O)cc4CC[C@@H]3[C@@H]1CCC2=O.